The lowest BCUT2D eigenvalue weighted by molar-refractivity contribution is 0.581. The van der Waals surface area contributed by atoms with Gasteiger partial charge in [0.25, 0.3) is 0 Å². The second-order valence-electron chi connectivity index (χ2n) is 5.58. The molecule has 128 valence electrons. The lowest BCUT2D eigenvalue weighted by Gasteiger charge is -2.14. The topological polar surface area (TPSA) is 39.7 Å². The summed E-state index contributed by atoms with van der Waals surface area (Å²) in [5.74, 6) is -0.383. The minimum atomic E-state index is -0.461. The highest BCUT2D eigenvalue weighted by Crippen LogP contribution is 2.12. The van der Waals surface area contributed by atoms with Crippen molar-refractivity contribution in [3.63, 3.8) is 0 Å². The van der Waals surface area contributed by atoms with Crippen molar-refractivity contribution < 1.29 is 8.78 Å². The van der Waals surface area contributed by atoms with Crippen molar-refractivity contribution in [2.75, 3.05) is 26.0 Å². The van der Waals surface area contributed by atoms with Crippen LogP contribution >= 0.6 is 0 Å². The largest absolute Gasteiger partial charge is 0.378 e. The van der Waals surface area contributed by atoms with E-state index in [0.717, 1.165) is 23.4 Å². The van der Waals surface area contributed by atoms with E-state index in [2.05, 4.69) is 15.6 Å². The zero-order valence-electron chi connectivity index (χ0n) is 14.1. The number of benzene rings is 2. The second kappa shape index (κ2) is 8.29. The van der Waals surface area contributed by atoms with Gasteiger partial charge >= 0.3 is 0 Å². The van der Waals surface area contributed by atoms with Gasteiger partial charge in [-0.3, -0.25) is 4.99 Å². The summed E-state index contributed by atoms with van der Waals surface area (Å²) in [6, 6.07) is 11.5. The normalized spacial score (nSPS) is 11.3. The van der Waals surface area contributed by atoms with E-state index in [4.69, 9.17) is 0 Å². The summed E-state index contributed by atoms with van der Waals surface area (Å²) in [4.78, 5) is 6.12. The van der Waals surface area contributed by atoms with E-state index >= 15 is 0 Å². The molecular weight excluding hydrogens is 310 g/mol. The van der Waals surface area contributed by atoms with Crippen molar-refractivity contribution in [3.05, 3.63) is 65.2 Å². The lowest BCUT2D eigenvalue weighted by atomic mass is 10.2. The van der Waals surface area contributed by atoms with Gasteiger partial charge < -0.3 is 15.5 Å². The maximum atomic E-state index is 13.6. The molecule has 0 aliphatic heterocycles. The van der Waals surface area contributed by atoms with Crippen molar-refractivity contribution in [1.82, 2.24) is 10.6 Å². The van der Waals surface area contributed by atoms with Gasteiger partial charge in [0, 0.05) is 45.5 Å². The fourth-order valence-corrected chi connectivity index (χ4v) is 2.18. The third kappa shape index (κ3) is 4.94. The molecule has 2 N–H and O–H groups in total. The van der Waals surface area contributed by atoms with Crippen LogP contribution in [0.2, 0.25) is 0 Å². The van der Waals surface area contributed by atoms with Crippen LogP contribution in [0, 0.1) is 11.6 Å². The number of hydrogen-bond donors (Lipinski definition) is 2. The first kappa shape index (κ1) is 17.7. The Bertz CT molecular complexity index is 697. The zero-order valence-corrected chi connectivity index (χ0v) is 14.1. The van der Waals surface area contributed by atoms with E-state index in [1.54, 1.807) is 7.05 Å². The van der Waals surface area contributed by atoms with Crippen LogP contribution < -0.4 is 15.5 Å². The molecule has 0 spiro atoms. The number of rotatable bonds is 5. The van der Waals surface area contributed by atoms with Gasteiger partial charge in [0.2, 0.25) is 0 Å². The molecule has 6 heteroatoms. The van der Waals surface area contributed by atoms with E-state index in [1.165, 1.54) is 6.07 Å². The highest BCUT2D eigenvalue weighted by molar-refractivity contribution is 5.79. The fraction of sp³-hybridized carbons (Fsp3) is 0.278. The Labute approximate surface area is 141 Å². The summed E-state index contributed by atoms with van der Waals surface area (Å²) in [7, 11) is 5.61. The van der Waals surface area contributed by atoms with Crippen LogP contribution in [0.5, 0.6) is 0 Å². The average molecular weight is 332 g/mol. The maximum Gasteiger partial charge on any atom is 0.191 e. The molecule has 24 heavy (non-hydrogen) atoms. The van der Waals surface area contributed by atoms with Crippen LogP contribution in [-0.2, 0) is 13.1 Å². The quantitative estimate of drug-likeness (QED) is 0.653. The maximum absolute atomic E-state index is 13.6. The van der Waals surface area contributed by atoms with E-state index < -0.39 is 11.6 Å². The van der Waals surface area contributed by atoms with E-state index in [0.29, 0.717) is 12.5 Å². The number of nitrogens with one attached hydrogen (secondary N) is 2. The van der Waals surface area contributed by atoms with Gasteiger partial charge in [-0.2, -0.15) is 0 Å². The molecule has 0 atom stereocenters. The van der Waals surface area contributed by atoms with Crippen molar-refractivity contribution >= 4 is 11.6 Å². The predicted octanol–water partition coefficient (Wildman–Crippen LogP) is 2.90. The van der Waals surface area contributed by atoms with Gasteiger partial charge in [0.15, 0.2) is 5.96 Å². The summed E-state index contributed by atoms with van der Waals surface area (Å²) in [5.41, 5.74) is 2.48. The summed E-state index contributed by atoms with van der Waals surface area (Å²) < 4.78 is 26.8. The van der Waals surface area contributed by atoms with Crippen molar-refractivity contribution in [3.8, 4) is 0 Å². The molecule has 0 unspecified atom stereocenters. The highest BCUT2D eigenvalue weighted by Gasteiger charge is 2.05. The van der Waals surface area contributed by atoms with Gasteiger partial charge in [0.1, 0.15) is 11.6 Å². The minimum Gasteiger partial charge on any atom is -0.378 e. The Morgan fingerprint density at radius 2 is 1.67 bits per heavy atom. The van der Waals surface area contributed by atoms with Gasteiger partial charge in [-0.25, -0.2) is 8.78 Å². The van der Waals surface area contributed by atoms with Crippen molar-refractivity contribution in [2.45, 2.75) is 13.1 Å². The summed E-state index contributed by atoms with van der Waals surface area (Å²) >= 11 is 0. The number of aliphatic imine (C=N–C) groups is 1. The van der Waals surface area contributed by atoms with Crippen LogP contribution in [0.1, 0.15) is 11.1 Å². The van der Waals surface area contributed by atoms with Gasteiger partial charge in [-0.15, -0.1) is 0 Å². The molecule has 0 radical (unpaired) electrons. The lowest BCUT2D eigenvalue weighted by Crippen LogP contribution is -2.36. The molecule has 0 aromatic heterocycles. The number of anilines is 1. The molecule has 0 fully saturated rings. The third-order valence-corrected chi connectivity index (χ3v) is 3.59. The van der Waals surface area contributed by atoms with Crippen LogP contribution in [0.4, 0.5) is 14.5 Å². The highest BCUT2D eigenvalue weighted by atomic mass is 19.1. The third-order valence-electron chi connectivity index (χ3n) is 3.59. The fourth-order valence-electron chi connectivity index (χ4n) is 2.18. The first-order valence-electron chi connectivity index (χ1n) is 7.64. The molecule has 0 aliphatic rings. The van der Waals surface area contributed by atoms with E-state index in [-0.39, 0.29) is 12.1 Å². The van der Waals surface area contributed by atoms with Crippen LogP contribution in [0.3, 0.4) is 0 Å². The Morgan fingerprint density at radius 3 is 2.29 bits per heavy atom. The Hall–Kier alpha value is -2.63. The molecule has 0 bridgehead atoms. The van der Waals surface area contributed by atoms with Gasteiger partial charge in [-0.05, 0) is 35.9 Å². The molecule has 4 nitrogen and oxygen atoms in total. The van der Waals surface area contributed by atoms with Gasteiger partial charge in [-0.1, -0.05) is 12.1 Å². The molecule has 2 aromatic rings. The summed E-state index contributed by atoms with van der Waals surface area (Å²) in [6.07, 6.45) is 0. The van der Waals surface area contributed by atoms with E-state index in [9.17, 15) is 8.78 Å². The first-order valence-corrected chi connectivity index (χ1v) is 7.64. The molecule has 2 rings (SSSR count). The number of nitrogens with zero attached hydrogens (tertiary/aromatic N) is 2. The zero-order chi connectivity index (χ0) is 17.5. The van der Waals surface area contributed by atoms with Crippen LogP contribution in [0.15, 0.2) is 47.5 Å². The first-order chi connectivity index (χ1) is 11.5. The van der Waals surface area contributed by atoms with Crippen molar-refractivity contribution in [2.24, 2.45) is 4.99 Å². The van der Waals surface area contributed by atoms with Crippen LogP contribution in [0.25, 0.3) is 0 Å². The molecule has 0 heterocycles. The minimum absolute atomic E-state index is 0.156. The smallest absolute Gasteiger partial charge is 0.191 e. The molecule has 0 saturated heterocycles. The molecule has 0 amide bonds. The predicted molar refractivity (Wildman–Crippen MR) is 94.2 cm³/mol. The summed E-state index contributed by atoms with van der Waals surface area (Å²) in [5, 5.41) is 6.13. The van der Waals surface area contributed by atoms with Crippen LogP contribution in [-0.4, -0.2) is 27.1 Å². The average Bonchev–Trinajstić information content (AvgIpc) is 2.58. The molecule has 0 aliphatic carbocycles. The van der Waals surface area contributed by atoms with E-state index in [1.807, 2.05) is 43.3 Å². The number of hydrogen-bond acceptors (Lipinski definition) is 2. The standard InChI is InChI=1S/C18H22F2N4/c1-21-18(23-12-14-10-15(19)6-9-17(14)20)22-11-13-4-7-16(8-5-13)24(2)3/h4-10H,11-12H2,1-3H3,(H2,21,22,23). The monoisotopic (exact) mass is 332 g/mol. The Balaban J connectivity index is 1.89. The Morgan fingerprint density at radius 1 is 1.00 bits per heavy atom. The molecule has 0 saturated carbocycles. The van der Waals surface area contributed by atoms with Gasteiger partial charge in [0.05, 0.1) is 0 Å². The second-order valence-corrected chi connectivity index (χ2v) is 5.58. The SMILES string of the molecule is CN=C(NCc1ccc(N(C)C)cc1)NCc1cc(F)ccc1F. The number of halogens is 2. The molecule has 2 aromatic carbocycles. The van der Waals surface area contributed by atoms with Crippen molar-refractivity contribution in [1.29, 1.82) is 0 Å². The Kier molecular flexibility index (Phi) is 6.12. The number of guanidine groups is 1. The molecular formula is C18H22F2N4. The summed E-state index contributed by atoms with van der Waals surface area (Å²) in [6.45, 7) is 0.738.